The van der Waals surface area contributed by atoms with E-state index in [1.54, 1.807) is 13.8 Å². The molecule has 17 heavy (non-hydrogen) atoms. The predicted octanol–water partition coefficient (Wildman–Crippen LogP) is 1.06. The van der Waals surface area contributed by atoms with Crippen LogP contribution in [0.4, 0.5) is 4.39 Å². The fourth-order valence-electron chi connectivity index (χ4n) is 1.24. The summed E-state index contributed by atoms with van der Waals surface area (Å²) in [6.45, 7) is 3.36. The lowest BCUT2D eigenvalue weighted by molar-refractivity contribution is -0.140. The van der Waals surface area contributed by atoms with E-state index in [2.05, 4.69) is 10.3 Å². The molecular weight excluding hydrogens is 227 g/mol. The highest BCUT2D eigenvalue weighted by Gasteiger charge is 2.24. The summed E-state index contributed by atoms with van der Waals surface area (Å²) in [7, 11) is 0. The zero-order chi connectivity index (χ0) is 13.0. The van der Waals surface area contributed by atoms with Gasteiger partial charge in [0, 0.05) is 0 Å². The molecule has 0 aliphatic carbocycles. The zero-order valence-electron chi connectivity index (χ0n) is 9.48. The predicted molar refractivity (Wildman–Crippen MR) is 57.9 cm³/mol. The first-order valence-corrected chi connectivity index (χ1v) is 5.07. The van der Waals surface area contributed by atoms with Gasteiger partial charge in [-0.3, -0.25) is 4.79 Å². The number of halogens is 1. The Labute approximate surface area is 97.7 Å². The third-order valence-electron chi connectivity index (χ3n) is 2.18. The second-order valence-electron chi connectivity index (χ2n) is 3.90. The van der Waals surface area contributed by atoms with Gasteiger partial charge in [0.15, 0.2) is 0 Å². The number of pyridine rings is 1. The highest BCUT2D eigenvalue weighted by Crippen LogP contribution is 2.04. The Morgan fingerprint density at radius 1 is 1.41 bits per heavy atom. The van der Waals surface area contributed by atoms with Gasteiger partial charge in [0.2, 0.25) is 0 Å². The molecule has 1 heterocycles. The lowest BCUT2D eigenvalue weighted by atomic mass is 10.0. The normalized spacial score (nSPS) is 12.2. The molecule has 0 fully saturated rings. The van der Waals surface area contributed by atoms with Crippen LogP contribution in [0.25, 0.3) is 0 Å². The van der Waals surface area contributed by atoms with Gasteiger partial charge < -0.3 is 10.4 Å². The van der Waals surface area contributed by atoms with Crippen LogP contribution in [-0.4, -0.2) is 28.0 Å². The molecule has 92 valence electrons. The van der Waals surface area contributed by atoms with Gasteiger partial charge in [0.1, 0.15) is 17.6 Å². The van der Waals surface area contributed by atoms with Crippen LogP contribution < -0.4 is 5.32 Å². The summed E-state index contributed by atoms with van der Waals surface area (Å²) >= 11 is 0. The molecule has 1 rings (SSSR count). The topological polar surface area (TPSA) is 79.3 Å². The Kier molecular flexibility index (Phi) is 4.14. The number of carboxylic acids is 1. The van der Waals surface area contributed by atoms with E-state index < -0.39 is 23.7 Å². The van der Waals surface area contributed by atoms with Crippen LogP contribution in [0.3, 0.4) is 0 Å². The molecule has 2 N–H and O–H groups in total. The van der Waals surface area contributed by atoms with Crippen molar-refractivity contribution in [1.82, 2.24) is 10.3 Å². The van der Waals surface area contributed by atoms with Gasteiger partial charge in [-0.25, -0.2) is 14.2 Å². The van der Waals surface area contributed by atoms with Crippen molar-refractivity contribution in [3.63, 3.8) is 0 Å². The molecule has 0 aliphatic heterocycles. The molecule has 1 amide bonds. The quantitative estimate of drug-likeness (QED) is 0.824. The molecule has 0 spiro atoms. The third-order valence-corrected chi connectivity index (χ3v) is 2.18. The number of aliphatic carboxylic acids is 1. The van der Waals surface area contributed by atoms with Crippen molar-refractivity contribution >= 4 is 11.9 Å². The second-order valence-corrected chi connectivity index (χ2v) is 3.90. The monoisotopic (exact) mass is 240 g/mol. The Bertz CT molecular complexity index is 417. The van der Waals surface area contributed by atoms with Crippen LogP contribution in [0.5, 0.6) is 0 Å². The number of aromatic nitrogens is 1. The number of nitrogens with zero attached hydrogens (tertiary/aromatic N) is 1. The Morgan fingerprint density at radius 3 is 2.47 bits per heavy atom. The maximum Gasteiger partial charge on any atom is 0.326 e. The summed E-state index contributed by atoms with van der Waals surface area (Å²) in [5.74, 6) is -2.56. The first-order valence-electron chi connectivity index (χ1n) is 5.07. The van der Waals surface area contributed by atoms with E-state index in [1.165, 1.54) is 6.07 Å². The van der Waals surface area contributed by atoms with Crippen molar-refractivity contribution in [1.29, 1.82) is 0 Å². The number of rotatable bonds is 4. The van der Waals surface area contributed by atoms with E-state index in [-0.39, 0.29) is 11.6 Å². The molecule has 0 unspecified atom stereocenters. The Balaban J connectivity index is 2.77. The lowest BCUT2D eigenvalue weighted by Crippen LogP contribution is -2.44. The number of carbonyl (C=O) groups is 2. The molecule has 1 aromatic heterocycles. The van der Waals surface area contributed by atoms with Crippen molar-refractivity contribution < 1.29 is 19.1 Å². The molecule has 0 saturated carbocycles. The van der Waals surface area contributed by atoms with Gasteiger partial charge in [-0.2, -0.15) is 0 Å². The molecule has 0 aromatic carbocycles. The molecule has 0 bridgehead atoms. The van der Waals surface area contributed by atoms with Crippen LogP contribution in [0.15, 0.2) is 18.3 Å². The molecular formula is C11H13FN2O3. The van der Waals surface area contributed by atoms with Gasteiger partial charge >= 0.3 is 5.97 Å². The van der Waals surface area contributed by atoms with Crippen molar-refractivity contribution in [2.45, 2.75) is 19.9 Å². The third kappa shape index (κ3) is 3.51. The minimum atomic E-state index is -1.12. The minimum Gasteiger partial charge on any atom is -0.480 e. The zero-order valence-corrected chi connectivity index (χ0v) is 9.48. The van der Waals surface area contributed by atoms with E-state index in [0.29, 0.717) is 0 Å². The van der Waals surface area contributed by atoms with Crippen LogP contribution in [0.1, 0.15) is 24.3 Å². The van der Waals surface area contributed by atoms with Gasteiger partial charge in [-0.15, -0.1) is 0 Å². The number of nitrogens with one attached hydrogen (secondary N) is 1. The lowest BCUT2D eigenvalue weighted by Gasteiger charge is -2.17. The highest BCUT2D eigenvalue weighted by atomic mass is 19.1. The number of carbonyl (C=O) groups excluding carboxylic acids is 1. The molecule has 0 radical (unpaired) electrons. The average Bonchev–Trinajstić information content (AvgIpc) is 2.25. The van der Waals surface area contributed by atoms with E-state index in [1.807, 2.05) is 0 Å². The summed E-state index contributed by atoms with van der Waals surface area (Å²) in [6, 6.07) is 1.30. The first kappa shape index (κ1) is 13.1. The number of amides is 1. The summed E-state index contributed by atoms with van der Waals surface area (Å²) in [6.07, 6.45) is 0.903. The molecule has 0 aliphatic rings. The van der Waals surface area contributed by atoms with Gasteiger partial charge in [-0.1, -0.05) is 13.8 Å². The maximum atomic E-state index is 12.6. The van der Waals surface area contributed by atoms with Crippen molar-refractivity contribution in [3.8, 4) is 0 Å². The summed E-state index contributed by atoms with van der Waals surface area (Å²) in [5.41, 5.74) is -0.0155. The fraction of sp³-hybridized carbons (Fsp3) is 0.364. The van der Waals surface area contributed by atoms with E-state index in [4.69, 9.17) is 5.11 Å². The molecule has 1 atom stereocenters. The maximum absolute atomic E-state index is 12.6. The first-order chi connectivity index (χ1) is 7.91. The minimum absolute atomic E-state index is 0.0155. The molecule has 5 nitrogen and oxygen atoms in total. The van der Waals surface area contributed by atoms with Crippen LogP contribution in [0, 0.1) is 11.7 Å². The van der Waals surface area contributed by atoms with Crippen molar-refractivity contribution in [3.05, 3.63) is 29.8 Å². The fourth-order valence-corrected chi connectivity index (χ4v) is 1.24. The molecule has 0 saturated heterocycles. The second kappa shape index (κ2) is 5.38. The van der Waals surface area contributed by atoms with Crippen molar-refractivity contribution in [2.75, 3.05) is 0 Å². The van der Waals surface area contributed by atoms with E-state index in [0.717, 1.165) is 12.3 Å². The standard InChI is InChI=1S/C11H13FN2O3/c1-6(2)9(11(16)17)14-10(15)8-4-3-7(12)5-13-8/h3-6,9H,1-2H3,(H,14,15)(H,16,17)/t9-/m1/s1. The molecule has 1 aromatic rings. The number of carboxylic acid groups (broad SMARTS) is 1. The van der Waals surface area contributed by atoms with Gasteiger partial charge in [0.25, 0.3) is 5.91 Å². The van der Waals surface area contributed by atoms with E-state index in [9.17, 15) is 14.0 Å². The van der Waals surface area contributed by atoms with Crippen LogP contribution in [-0.2, 0) is 4.79 Å². The summed E-state index contributed by atoms with van der Waals surface area (Å²) < 4.78 is 12.6. The van der Waals surface area contributed by atoms with Crippen molar-refractivity contribution in [2.24, 2.45) is 5.92 Å². The largest absolute Gasteiger partial charge is 0.480 e. The smallest absolute Gasteiger partial charge is 0.326 e. The van der Waals surface area contributed by atoms with Crippen LogP contribution in [0.2, 0.25) is 0 Å². The summed E-state index contributed by atoms with van der Waals surface area (Å²) in [4.78, 5) is 26.1. The van der Waals surface area contributed by atoms with Crippen LogP contribution >= 0.6 is 0 Å². The summed E-state index contributed by atoms with van der Waals surface area (Å²) in [5, 5.41) is 11.2. The van der Waals surface area contributed by atoms with E-state index >= 15 is 0 Å². The Hall–Kier alpha value is -1.98. The average molecular weight is 240 g/mol. The SMILES string of the molecule is CC(C)[C@@H](NC(=O)c1ccc(F)cn1)C(=O)O. The van der Waals surface area contributed by atoms with Gasteiger partial charge in [-0.05, 0) is 18.1 Å². The number of hydrogen-bond acceptors (Lipinski definition) is 3. The highest BCUT2D eigenvalue weighted by molar-refractivity contribution is 5.94. The molecule has 6 heteroatoms. The number of hydrogen-bond donors (Lipinski definition) is 2. The van der Waals surface area contributed by atoms with Gasteiger partial charge in [0.05, 0.1) is 6.20 Å². The Morgan fingerprint density at radius 2 is 2.06 bits per heavy atom.